The zero-order valence-electron chi connectivity index (χ0n) is 12.7. The summed E-state index contributed by atoms with van der Waals surface area (Å²) in [6.45, 7) is 0.0120. The quantitative estimate of drug-likeness (QED) is 0.418. The molecule has 0 bridgehead atoms. The summed E-state index contributed by atoms with van der Waals surface area (Å²) in [4.78, 5) is 26.8. The minimum atomic E-state index is -0.523. The van der Waals surface area contributed by atoms with Crippen LogP contribution < -0.4 is 10.1 Å². The molecule has 0 atom stereocenters. The molecule has 0 saturated heterocycles. The molecule has 0 aliphatic carbocycles. The van der Waals surface area contributed by atoms with Gasteiger partial charge in [-0.1, -0.05) is 23.5 Å². The fraction of sp³-hybridized carbons (Fsp3) is 0.125. The van der Waals surface area contributed by atoms with Crippen LogP contribution in [-0.4, -0.2) is 29.3 Å². The van der Waals surface area contributed by atoms with E-state index >= 15 is 0 Å². The number of hydrogen-bond acceptors (Lipinski definition) is 7. The van der Waals surface area contributed by atoms with Gasteiger partial charge in [0.2, 0.25) is 0 Å². The second-order valence-electron chi connectivity index (χ2n) is 4.94. The van der Waals surface area contributed by atoms with Crippen LogP contribution in [0.3, 0.4) is 0 Å². The molecule has 0 radical (unpaired) electrons. The summed E-state index contributed by atoms with van der Waals surface area (Å²) in [6, 6.07) is 11.2. The Labute approximate surface area is 141 Å². The van der Waals surface area contributed by atoms with Crippen molar-refractivity contribution in [3.63, 3.8) is 0 Å². The van der Waals surface area contributed by atoms with Crippen molar-refractivity contribution in [2.24, 2.45) is 0 Å². The molecule has 3 aromatic rings. The maximum absolute atomic E-state index is 12.2. The van der Waals surface area contributed by atoms with Crippen molar-refractivity contribution in [2.75, 3.05) is 19.0 Å². The maximum Gasteiger partial charge on any atom is 0.270 e. The van der Waals surface area contributed by atoms with Gasteiger partial charge in [-0.15, -0.1) is 0 Å². The van der Waals surface area contributed by atoms with E-state index in [-0.39, 0.29) is 18.0 Å². The number of ether oxygens (including phenoxy) is 1. The summed E-state index contributed by atoms with van der Waals surface area (Å²) >= 11 is 1.41. The SMILES string of the molecule is COc1ccc2nc(NCC(=O)c3cccc([N+](=O)[O-])c3)sc2c1. The van der Waals surface area contributed by atoms with E-state index in [0.29, 0.717) is 10.7 Å². The number of carbonyl (C=O) groups is 1. The number of thiazole rings is 1. The van der Waals surface area contributed by atoms with E-state index in [1.165, 1.54) is 29.5 Å². The Morgan fingerprint density at radius 3 is 2.92 bits per heavy atom. The van der Waals surface area contributed by atoms with Gasteiger partial charge in [-0.2, -0.15) is 0 Å². The van der Waals surface area contributed by atoms with Crippen LogP contribution >= 0.6 is 11.3 Å². The molecule has 7 nitrogen and oxygen atoms in total. The van der Waals surface area contributed by atoms with Crippen molar-refractivity contribution in [1.29, 1.82) is 0 Å². The lowest BCUT2D eigenvalue weighted by atomic mass is 10.1. The third-order valence-corrected chi connectivity index (χ3v) is 4.35. The predicted octanol–water partition coefficient (Wildman–Crippen LogP) is 3.51. The fourth-order valence-electron chi connectivity index (χ4n) is 2.16. The Balaban J connectivity index is 1.72. The number of Topliss-reactive ketones (excluding diaryl/α,β-unsaturated/α-hetero) is 1. The van der Waals surface area contributed by atoms with Crippen LogP contribution in [0.1, 0.15) is 10.4 Å². The van der Waals surface area contributed by atoms with Crippen LogP contribution in [0.25, 0.3) is 10.2 Å². The molecule has 0 spiro atoms. The zero-order valence-corrected chi connectivity index (χ0v) is 13.5. The highest BCUT2D eigenvalue weighted by Crippen LogP contribution is 2.29. The number of benzene rings is 2. The second-order valence-corrected chi connectivity index (χ2v) is 5.97. The Kier molecular flexibility index (Phi) is 4.39. The molecule has 0 unspecified atom stereocenters. The Morgan fingerprint density at radius 2 is 2.17 bits per heavy atom. The number of methoxy groups -OCH3 is 1. The Hall–Kier alpha value is -3.00. The van der Waals surface area contributed by atoms with Gasteiger partial charge in [0.15, 0.2) is 10.9 Å². The van der Waals surface area contributed by atoms with E-state index < -0.39 is 4.92 Å². The normalized spacial score (nSPS) is 10.5. The molecule has 0 saturated carbocycles. The topological polar surface area (TPSA) is 94.4 Å². The monoisotopic (exact) mass is 343 g/mol. The maximum atomic E-state index is 12.2. The predicted molar refractivity (Wildman–Crippen MR) is 92.1 cm³/mol. The molecule has 1 N–H and O–H groups in total. The molecule has 0 amide bonds. The first-order valence-corrected chi connectivity index (χ1v) is 7.84. The van der Waals surface area contributed by atoms with Crippen molar-refractivity contribution < 1.29 is 14.5 Å². The standard InChI is InChI=1S/C16H13N3O4S/c1-23-12-5-6-13-15(8-12)24-16(18-13)17-9-14(20)10-3-2-4-11(7-10)19(21)22/h2-8H,9H2,1H3,(H,17,18). The largest absolute Gasteiger partial charge is 0.497 e. The molecule has 8 heteroatoms. The average Bonchev–Trinajstić information content (AvgIpc) is 3.01. The van der Waals surface area contributed by atoms with Gasteiger partial charge >= 0.3 is 0 Å². The molecule has 24 heavy (non-hydrogen) atoms. The number of aromatic nitrogens is 1. The van der Waals surface area contributed by atoms with Crippen LogP contribution in [0, 0.1) is 10.1 Å². The smallest absolute Gasteiger partial charge is 0.270 e. The number of non-ortho nitro benzene ring substituents is 1. The van der Waals surface area contributed by atoms with Gasteiger partial charge in [-0.25, -0.2) is 4.98 Å². The second kappa shape index (κ2) is 6.63. The summed E-state index contributed by atoms with van der Waals surface area (Å²) in [6.07, 6.45) is 0. The number of nitro benzene ring substituents is 1. The lowest BCUT2D eigenvalue weighted by molar-refractivity contribution is -0.384. The molecule has 122 valence electrons. The van der Waals surface area contributed by atoms with Gasteiger partial charge in [0, 0.05) is 17.7 Å². The van der Waals surface area contributed by atoms with Gasteiger partial charge in [0.05, 0.1) is 28.8 Å². The third kappa shape index (κ3) is 3.33. The van der Waals surface area contributed by atoms with Crippen LogP contribution in [0.4, 0.5) is 10.8 Å². The van der Waals surface area contributed by atoms with E-state index in [0.717, 1.165) is 16.0 Å². The fourth-order valence-corrected chi connectivity index (χ4v) is 3.05. The number of nitro groups is 1. The average molecular weight is 343 g/mol. The van der Waals surface area contributed by atoms with Crippen molar-refractivity contribution in [3.8, 4) is 5.75 Å². The molecule has 0 aliphatic rings. The summed E-state index contributed by atoms with van der Waals surface area (Å²) in [5, 5.41) is 14.3. The molecule has 0 aliphatic heterocycles. The van der Waals surface area contributed by atoms with Crippen molar-refractivity contribution in [1.82, 2.24) is 4.98 Å². The minimum absolute atomic E-state index is 0.0120. The van der Waals surface area contributed by atoms with Gasteiger partial charge in [-0.3, -0.25) is 14.9 Å². The highest BCUT2D eigenvalue weighted by atomic mass is 32.1. The Bertz CT molecular complexity index is 923. The Morgan fingerprint density at radius 1 is 1.33 bits per heavy atom. The van der Waals surface area contributed by atoms with Gasteiger partial charge < -0.3 is 10.1 Å². The molecular weight excluding hydrogens is 330 g/mol. The van der Waals surface area contributed by atoms with Crippen molar-refractivity contribution >= 4 is 38.2 Å². The number of nitrogens with zero attached hydrogens (tertiary/aromatic N) is 2. The summed E-state index contributed by atoms with van der Waals surface area (Å²) in [7, 11) is 1.60. The first-order chi connectivity index (χ1) is 11.6. The van der Waals surface area contributed by atoms with E-state index in [9.17, 15) is 14.9 Å². The minimum Gasteiger partial charge on any atom is -0.497 e. The highest BCUT2D eigenvalue weighted by molar-refractivity contribution is 7.22. The van der Waals surface area contributed by atoms with Gasteiger partial charge in [0.1, 0.15) is 5.75 Å². The number of rotatable bonds is 6. The van der Waals surface area contributed by atoms with Gasteiger partial charge in [-0.05, 0) is 18.2 Å². The first kappa shape index (κ1) is 15.9. The lowest BCUT2D eigenvalue weighted by Gasteiger charge is -2.02. The van der Waals surface area contributed by atoms with Crippen molar-refractivity contribution in [2.45, 2.75) is 0 Å². The summed E-state index contributed by atoms with van der Waals surface area (Å²) in [5.41, 5.74) is 0.999. The lowest BCUT2D eigenvalue weighted by Crippen LogP contribution is -2.13. The zero-order chi connectivity index (χ0) is 17.1. The van der Waals surface area contributed by atoms with Crippen LogP contribution in [0.5, 0.6) is 5.75 Å². The number of fused-ring (bicyclic) bond motifs is 1. The summed E-state index contributed by atoms with van der Waals surface area (Å²) < 4.78 is 6.11. The van der Waals surface area contributed by atoms with Crippen molar-refractivity contribution in [3.05, 3.63) is 58.1 Å². The van der Waals surface area contributed by atoms with E-state index in [1.54, 1.807) is 13.2 Å². The molecule has 1 aromatic heterocycles. The molecule has 2 aromatic carbocycles. The number of carbonyl (C=O) groups excluding carboxylic acids is 1. The third-order valence-electron chi connectivity index (χ3n) is 3.37. The van der Waals surface area contributed by atoms with E-state index in [2.05, 4.69) is 10.3 Å². The first-order valence-electron chi connectivity index (χ1n) is 7.03. The highest BCUT2D eigenvalue weighted by Gasteiger charge is 2.12. The van der Waals surface area contributed by atoms with E-state index in [1.807, 2.05) is 18.2 Å². The number of hydrogen-bond donors (Lipinski definition) is 1. The number of nitrogens with one attached hydrogen (secondary N) is 1. The van der Waals surface area contributed by atoms with Crippen LogP contribution in [-0.2, 0) is 0 Å². The van der Waals surface area contributed by atoms with E-state index in [4.69, 9.17) is 4.74 Å². The summed E-state index contributed by atoms with van der Waals surface area (Å²) in [5.74, 6) is 0.501. The molecule has 3 rings (SSSR count). The van der Waals surface area contributed by atoms with Crippen LogP contribution in [0.2, 0.25) is 0 Å². The molecular formula is C16H13N3O4S. The van der Waals surface area contributed by atoms with Crippen LogP contribution in [0.15, 0.2) is 42.5 Å². The molecule has 1 heterocycles. The van der Waals surface area contributed by atoms with Gasteiger partial charge in [0.25, 0.3) is 5.69 Å². The number of ketones is 1. The molecule has 0 fully saturated rings. The number of anilines is 1.